The maximum Gasteiger partial charge on any atom is 0.303 e. The van der Waals surface area contributed by atoms with E-state index in [2.05, 4.69) is 6.92 Å². The summed E-state index contributed by atoms with van der Waals surface area (Å²) in [5.41, 5.74) is -0.534. The Balaban J connectivity index is 0.000000371. The lowest BCUT2D eigenvalue weighted by atomic mass is 9.45. The normalized spacial score (nSPS) is 39.7. The lowest BCUT2D eigenvalue weighted by Crippen LogP contribution is -2.62. The van der Waals surface area contributed by atoms with E-state index in [9.17, 15) is 34.5 Å². The van der Waals surface area contributed by atoms with Crippen LogP contribution < -0.4 is 0 Å². The molecule has 9 nitrogen and oxygen atoms in total. The minimum absolute atomic E-state index is 0.0218. The van der Waals surface area contributed by atoms with Crippen LogP contribution in [-0.2, 0) is 19.2 Å². The number of carbonyl (C=O) groups is 4. The van der Waals surface area contributed by atoms with Crippen molar-refractivity contribution < 1.29 is 44.7 Å². The molecule has 1 unspecified atom stereocenters. The van der Waals surface area contributed by atoms with Crippen molar-refractivity contribution in [1.82, 2.24) is 0 Å². The fourth-order valence-electron chi connectivity index (χ4n) is 7.49. The number of rotatable bonds is 5. The first-order chi connectivity index (χ1) is 16.2. The number of carbonyl (C=O) groups excluding carboxylic acids is 2. The number of carboxylic acid groups (broad SMARTS) is 2. The van der Waals surface area contributed by atoms with Crippen molar-refractivity contribution in [1.29, 1.82) is 0 Å². The molecule has 0 amide bonds. The van der Waals surface area contributed by atoms with Crippen molar-refractivity contribution in [3.8, 4) is 0 Å². The second-order valence-corrected chi connectivity index (χ2v) is 10.9. The molecule has 0 radical (unpaired) electrons. The van der Waals surface area contributed by atoms with Crippen molar-refractivity contribution in [2.45, 2.75) is 77.4 Å². The fourth-order valence-corrected chi connectivity index (χ4v) is 7.49. The summed E-state index contributed by atoms with van der Waals surface area (Å²) >= 11 is 0. The van der Waals surface area contributed by atoms with Gasteiger partial charge in [0, 0.05) is 16.7 Å². The largest absolute Gasteiger partial charge is 0.481 e. The van der Waals surface area contributed by atoms with E-state index in [-0.39, 0.29) is 41.8 Å². The van der Waals surface area contributed by atoms with Crippen LogP contribution in [0.5, 0.6) is 0 Å². The predicted octanol–water partition coefficient (Wildman–Crippen LogP) is 1.88. The van der Waals surface area contributed by atoms with Gasteiger partial charge in [0.1, 0.15) is 12.2 Å². The highest BCUT2D eigenvalue weighted by molar-refractivity contribution is 6.02. The molecular weight excluding hydrogens is 456 g/mol. The third-order valence-corrected chi connectivity index (χ3v) is 9.34. The standard InChI is InChI=1S/C22H30O5.C4H6O4/c1-12-8-14(24)9-13-4-5-15-16-6-7-22(27,18(26)11-23)20(16,2)10-17(25)19(15)21(12,13)3;5-3(6)1-2-4(7)8/h8-9,15-17,19,23,25,27H,4-7,10-11H2,1-3H3;1-2H2,(H,5,6)(H,7,8)/t15-,16-,17?,19+,20-,21-,22-;/m0./s1. The van der Waals surface area contributed by atoms with Crippen LogP contribution in [-0.4, -0.2) is 67.3 Å². The van der Waals surface area contributed by atoms with Gasteiger partial charge in [0.15, 0.2) is 11.6 Å². The molecule has 0 aliphatic heterocycles. The molecule has 7 atom stereocenters. The van der Waals surface area contributed by atoms with E-state index in [1.54, 1.807) is 12.2 Å². The molecule has 3 fully saturated rings. The van der Waals surface area contributed by atoms with Gasteiger partial charge in [0.25, 0.3) is 0 Å². The van der Waals surface area contributed by atoms with Crippen molar-refractivity contribution in [3.05, 3.63) is 23.3 Å². The smallest absolute Gasteiger partial charge is 0.303 e. The fraction of sp³-hybridized carbons (Fsp3) is 0.692. The van der Waals surface area contributed by atoms with E-state index in [0.29, 0.717) is 12.8 Å². The van der Waals surface area contributed by atoms with Crippen LogP contribution >= 0.6 is 0 Å². The molecule has 0 aromatic carbocycles. The molecule has 9 heteroatoms. The van der Waals surface area contributed by atoms with E-state index in [1.165, 1.54) is 0 Å². The van der Waals surface area contributed by atoms with Crippen LogP contribution in [0.1, 0.15) is 65.7 Å². The van der Waals surface area contributed by atoms with Gasteiger partial charge in [-0.25, -0.2) is 0 Å². The average molecular weight is 493 g/mol. The topological polar surface area (TPSA) is 169 Å². The summed E-state index contributed by atoms with van der Waals surface area (Å²) in [5.74, 6) is -2.38. The Hall–Kier alpha value is -2.36. The molecule has 4 rings (SSSR count). The maximum absolute atomic E-state index is 12.4. The summed E-state index contributed by atoms with van der Waals surface area (Å²) in [5, 5.41) is 47.7. The number of Topliss-reactive ketones (excluding diaryl/α,β-unsaturated/α-hetero) is 1. The minimum Gasteiger partial charge on any atom is -0.481 e. The number of fused-ring (bicyclic) bond motifs is 5. The van der Waals surface area contributed by atoms with Crippen LogP contribution in [0, 0.1) is 28.6 Å². The Labute approximate surface area is 204 Å². The van der Waals surface area contributed by atoms with Crippen molar-refractivity contribution in [2.24, 2.45) is 28.6 Å². The van der Waals surface area contributed by atoms with Gasteiger partial charge in [-0.3, -0.25) is 19.2 Å². The highest BCUT2D eigenvalue weighted by Crippen LogP contribution is 2.67. The first kappa shape index (κ1) is 27.2. The number of aliphatic hydroxyl groups is 3. The Bertz CT molecular complexity index is 967. The lowest BCUT2D eigenvalue weighted by Gasteiger charge is -2.60. The van der Waals surface area contributed by atoms with Gasteiger partial charge >= 0.3 is 11.9 Å². The zero-order valence-electron chi connectivity index (χ0n) is 20.5. The lowest BCUT2D eigenvalue weighted by molar-refractivity contribution is -0.179. The molecule has 5 N–H and O–H groups in total. The van der Waals surface area contributed by atoms with E-state index >= 15 is 0 Å². The molecule has 0 aromatic heterocycles. The van der Waals surface area contributed by atoms with Gasteiger partial charge in [-0.1, -0.05) is 25.0 Å². The van der Waals surface area contributed by atoms with Crippen LogP contribution in [0.15, 0.2) is 23.3 Å². The van der Waals surface area contributed by atoms with Gasteiger partial charge in [-0.2, -0.15) is 0 Å². The third-order valence-electron chi connectivity index (χ3n) is 9.34. The number of hydrogen-bond acceptors (Lipinski definition) is 7. The highest BCUT2D eigenvalue weighted by Gasteiger charge is 2.68. The summed E-state index contributed by atoms with van der Waals surface area (Å²) in [4.78, 5) is 43.7. The zero-order chi connectivity index (χ0) is 26.3. The Morgan fingerprint density at radius 2 is 1.66 bits per heavy atom. The second kappa shape index (κ2) is 9.59. The van der Waals surface area contributed by atoms with E-state index in [0.717, 1.165) is 30.4 Å². The summed E-state index contributed by atoms with van der Waals surface area (Å²) in [7, 11) is 0. The van der Waals surface area contributed by atoms with E-state index in [1.807, 2.05) is 13.8 Å². The van der Waals surface area contributed by atoms with E-state index in [4.69, 9.17) is 10.2 Å². The molecule has 0 spiro atoms. The Morgan fingerprint density at radius 3 is 2.20 bits per heavy atom. The molecule has 0 heterocycles. The molecule has 0 aromatic rings. The number of aliphatic carboxylic acids is 2. The molecule has 4 aliphatic rings. The summed E-state index contributed by atoms with van der Waals surface area (Å²) in [6.45, 7) is 5.37. The summed E-state index contributed by atoms with van der Waals surface area (Å²) < 4.78 is 0. The SMILES string of the molecule is CC1=CC(=O)C=C2CC[C@@H]3[C@H](C(O)C[C@@]4(C)[C@H]3CC[C@]4(O)C(=O)CO)[C@@]12C.O=C(O)CCC(=O)O. The minimum atomic E-state index is -1.57. The number of ketones is 2. The molecule has 194 valence electrons. The number of allylic oxidation sites excluding steroid dienone is 4. The highest BCUT2D eigenvalue weighted by atomic mass is 16.4. The Morgan fingerprint density at radius 1 is 1.06 bits per heavy atom. The number of hydrogen-bond donors (Lipinski definition) is 5. The molecule has 3 saturated carbocycles. The molecule has 0 bridgehead atoms. The first-order valence-corrected chi connectivity index (χ1v) is 12.1. The first-order valence-electron chi connectivity index (χ1n) is 12.1. The second-order valence-electron chi connectivity index (χ2n) is 10.9. The van der Waals surface area contributed by atoms with Gasteiger partial charge in [-0.05, 0) is 63.0 Å². The number of carboxylic acids is 2. The Kier molecular flexibility index (Phi) is 7.47. The van der Waals surface area contributed by atoms with Crippen LogP contribution in [0.3, 0.4) is 0 Å². The van der Waals surface area contributed by atoms with E-state index < -0.39 is 41.4 Å². The quantitative estimate of drug-likeness (QED) is 0.384. The van der Waals surface area contributed by atoms with Crippen molar-refractivity contribution in [3.63, 3.8) is 0 Å². The van der Waals surface area contributed by atoms with Crippen LogP contribution in [0.4, 0.5) is 0 Å². The van der Waals surface area contributed by atoms with Gasteiger partial charge in [0.05, 0.1) is 18.9 Å². The monoisotopic (exact) mass is 492 g/mol. The predicted molar refractivity (Wildman–Crippen MR) is 124 cm³/mol. The molecule has 4 aliphatic carbocycles. The van der Waals surface area contributed by atoms with Crippen LogP contribution in [0.25, 0.3) is 0 Å². The molecule has 0 saturated heterocycles. The third kappa shape index (κ3) is 4.38. The number of aliphatic hydroxyl groups excluding tert-OH is 2. The average Bonchev–Trinajstić information content (AvgIpc) is 3.04. The van der Waals surface area contributed by atoms with Crippen LogP contribution in [0.2, 0.25) is 0 Å². The summed E-state index contributed by atoms with van der Waals surface area (Å²) in [6.07, 6.45) is 5.23. The molecular formula is C26H36O9. The van der Waals surface area contributed by atoms with Crippen molar-refractivity contribution >= 4 is 23.5 Å². The molecule has 35 heavy (non-hydrogen) atoms. The summed E-state index contributed by atoms with van der Waals surface area (Å²) in [6, 6.07) is 0. The van der Waals surface area contributed by atoms with Gasteiger partial charge < -0.3 is 25.5 Å². The maximum atomic E-state index is 12.4. The van der Waals surface area contributed by atoms with Crippen molar-refractivity contribution in [2.75, 3.05) is 6.61 Å². The van der Waals surface area contributed by atoms with Gasteiger partial charge in [0.2, 0.25) is 0 Å². The van der Waals surface area contributed by atoms with Gasteiger partial charge in [-0.15, -0.1) is 0 Å². The zero-order valence-corrected chi connectivity index (χ0v) is 20.5.